The number of fused-ring (bicyclic) bond motifs is 2. The molecule has 2 aliphatic rings. The molecule has 1 aromatic heterocycles. The van der Waals surface area contributed by atoms with E-state index in [4.69, 9.17) is 11.4 Å². The van der Waals surface area contributed by atoms with E-state index in [1.54, 1.807) is 23.3 Å². The number of aryl methyl sites for hydroxylation is 1. The maximum Gasteiger partial charge on any atom is 0.223 e. The highest BCUT2D eigenvalue weighted by molar-refractivity contribution is 7.11. The molecule has 1 heterocycles. The Morgan fingerprint density at radius 3 is 2.81 bits per heavy atom. The Balaban J connectivity index is 2.04. The van der Waals surface area contributed by atoms with Crippen molar-refractivity contribution in [3.63, 3.8) is 0 Å². The third kappa shape index (κ3) is 3.20. The highest BCUT2D eigenvalue weighted by atomic mass is 32.1. The van der Waals surface area contributed by atoms with E-state index in [1.165, 1.54) is 4.88 Å². The number of terminal acetylenes is 1. The Hall–Kier alpha value is -1.42. The normalized spacial score (nSPS) is 35.1. The van der Waals surface area contributed by atoms with Gasteiger partial charge in [-0.05, 0) is 37.5 Å². The lowest BCUT2D eigenvalue weighted by Gasteiger charge is -2.58. The molecule has 0 aromatic carbocycles. The van der Waals surface area contributed by atoms with Crippen LogP contribution in [0.25, 0.3) is 0 Å². The topological polar surface area (TPSA) is 73.7 Å². The number of aliphatic hydroxyl groups is 2. The van der Waals surface area contributed by atoms with Gasteiger partial charge in [0.2, 0.25) is 5.91 Å². The van der Waals surface area contributed by atoms with E-state index in [-0.39, 0.29) is 29.8 Å². The van der Waals surface area contributed by atoms with Gasteiger partial charge in [-0.2, -0.15) is 0 Å². The molecule has 5 nitrogen and oxygen atoms in total. The predicted molar refractivity (Wildman–Crippen MR) is 106 cm³/mol. The molecular formula is C21H30N2O3S. The largest absolute Gasteiger partial charge is 0.396 e. The monoisotopic (exact) mass is 390 g/mol. The van der Waals surface area contributed by atoms with Gasteiger partial charge in [0.05, 0.1) is 30.0 Å². The number of hydrogen-bond acceptors (Lipinski definition) is 5. The molecule has 27 heavy (non-hydrogen) atoms. The number of nitrogens with zero attached hydrogens (tertiary/aromatic N) is 2. The Morgan fingerprint density at radius 2 is 2.19 bits per heavy atom. The van der Waals surface area contributed by atoms with Crippen LogP contribution in [0.15, 0.2) is 0 Å². The fourth-order valence-corrected chi connectivity index (χ4v) is 6.37. The molecule has 1 aromatic rings. The Bertz CT molecular complexity index is 770. The van der Waals surface area contributed by atoms with Crippen LogP contribution in [0, 0.1) is 36.0 Å². The first-order valence-electron chi connectivity index (χ1n) is 9.60. The smallest absolute Gasteiger partial charge is 0.223 e. The van der Waals surface area contributed by atoms with Crippen LogP contribution in [-0.2, 0) is 11.2 Å². The van der Waals surface area contributed by atoms with Gasteiger partial charge < -0.3 is 15.1 Å². The fraction of sp³-hybridized carbons (Fsp3) is 0.714. The van der Waals surface area contributed by atoms with Gasteiger partial charge in [-0.15, -0.1) is 17.8 Å². The maximum absolute atomic E-state index is 12.8. The highest BCUT2D eigenvalue weighted by Crippen LogP contribution is 2.62. The summed E-state index contributed by atoms with van der Waals surface area (Å²) >= 11 is 1.67. The first-order valence-corrected chi connectivity index (χ1v) is 10.4. The first kappa shape index (κ1) is 20.3. The van der Waals surface area contributed by atoms with Gasteiger partial charge in [0.25, 0.3) is 0 Å². The van der Waals surface area contributed by atoms with Crippen molar-refractivity contribution in [2.24, 2.45) is 16.7 Å². The van der Waals surface area contributed by atoms with Gasteiger partial charge >= 0.3 is 0 Å². The van der Waals surface area contributed by atoms with Crippen molar-refractivity contribution >= 4 is 17.2 Å². The molecule has 148 valence electrons. The van der Waals surface area contributed by atoms with Gasteiger partial charge in [0.1, 0.15) is 0 Å². The Kier molecular flexibility index (Phi) is 5.42. The zero-order chi connectivity index (χ0) is 20.0. The van der Waals surface area contributed by atoms with E-state index in [0.29, 0.717) is 19.4 Å². The van der Waals surface area contributed by atoms with Gasteiger partial charge in [-0.25, -0.2) is 4.98 Å². The zero-order valence-corrected chi connectivity index (χ0v) is 17.5. The minimum atomic E-state index is -0.575. The number of carbonyl (C=O) groups excluding carboxylic acids is 1. The molecule has 3 rings (SSSR count). The average molecular weight is 391 g/mol. The van der Waals surface area contributed by atoms with Crippen molar-refractivity contribution in [1.82, 2.24) is 9.88 Å². The van der Waals surface area contributed by atoms with E-state index in [0.717, 1.165) is 23.5 Å². The SMILES string of the molecule is C#CCN(C)C(=O)C[C@@H]1c2nc(C)sc2C[C@H]2[C@](C)(CO)[C@H](O)CC[C@]21C. The van der Waals surface area contributed by atoms with Crippen molar-refractivity contribution in [3.05, 3.63) is 15.6 Å². The van der Waals surface area contributed by atoms with Crippen molar-refractivity contribution in [2.45, 2.75) is 58.5 Å². The van der Waals surface area contributed by atoms with Crippen LogP contribution in [-0.4, -0.2) is 52.3 Å². The van der Waals surface area contributed by atoms with Gasteiger partial charge in [-0.1, -0.05) is 19.8 Å². The maximum atomic E-state index is 12.8. The summed E-state index contributed by atoms with van der Waals surface area (Å²) in [5.74, 6) is 2.62. The molecule has 0 spiro atoms. The summed E-state index contributed by atoms with van der Waals surface area (Å²) in [6, 6.07) is 0. The van der Waals surface area contributed by atoms with Gasteiger partial charge in [0, 0.05) is 29.7 Å². The number of hydrogen-bond donors (Lipinski definition) is 2. The van der Waals surface area contributed by atoms with Crippen molar-refractivity contribution in [1.29, 1.82) is 0 Å². The molecule has 1 fully saturated rings. The van der Waals surface area contributed by atoms with E-state index < -0.39 is 11.5 Å². The summed E-state index contributed by atoms with van der Waals surface area (Å²) in [5.41, 5.74) is 0.265. The number of aromatic nitrogens is 1. The molecule has 0 bridgehead atoms. The second-order valence-corrected chi connectivity index (χ2v) is 10.0. The van der Waals surface area contributed by atoms with Crippen molar-refractivity contribution < 1.29 is 15.0 Å². The fourth-order valence-electron chi connectivity index (χ4n) is 5.32. The molecule has 5 atom stereocenters. The van der Waals surface area contributed by atoms with E-state index in [2.05, 4.69) is 12.8 Å². The molecule has 1 amide bonds. The highest BCUT2D eigenvalue weighted by Gasteiger charge is 2.59. The van der Waals surface area contributed by atoms with Crippen LogP contribution in [0.2, 0.25) is 0 Å². The van der Waals surface area contributed by atoms with Crippen LogP contribution in [0.5, 0.6) is 0 Å². The minimum absolute atomic E-state index is 0.0215. The predicted octanol–water partition coefficient (Wildman–Crippen LogP) is 2.35. The summed E-state index contributed by atoms with van der Waals surface area (Å²) in [6.07, 6.45) is 7.46. The molecule has 0 saturated heterocycles. The average Bonchev–Trinajstić information content (AvgIpc) is 3.00. The summed E-state index contributed by atoms with van der Waals surface area (Å²) in [4.78, 5) is 20.4. The molecule has 2 aliphatic carbocycles. The summed E-state index contributed by atoms with van der Waals surface area (Å²) in [6.45, 7) is 6.44. The number of rotatable bonds is 4. The molecule has 0 aliphatic heterocycles. The van der Waals surface area contributed by atoms with Crippen LogP contribution in [0.1, 0.15) is 54.6 Å². The number of amides is 1. The third-order valence-electron chi connectivity index (χ3n) is 7.13. The van der Waals surface area contributed by atoms with Crippen LogP contribution in [0.4, 0.5) is 0 Å². The lowest BCUT2D eigenvalue weighted by molar-refractivity contribution is -0.146. The summed E-state index contributed by atoms with van der Waals surface area (Å²) in [7, 11) is 1.74. The number of aliphatic hydroxyl groups excluding tert-OH is 2. The standard InChI is InChI=1S/C21H30N2O3S/c1-6-9-23(5)18(26)10-14-19-15(27-13(2)22-19)11-16-20(14,3)8-7-17(25)21(16,4)12-24/h1,14,16-17,24-25H,7-12H2,2-5H3/t14-,16-,17-,20+,21+/m1/s1. The van der Waals surface area contributed by atoms with Crippen LogP contribution >= 0.6 is 11.3 Å². The van der Waals surface area contributed by atoms with Gasteiger partial charge in [-0.3, -0.25) is 4.79 Å². The van der Waals surface area contributed by atoms with Crippen molar-refractivity contribution in [2.75, 3.05) is 20.2 Å². The molecule has 0 unspecified atom stereocenters. The molecule has 2 N–H and O–H groups in total. The number of thiazole rings is 1. The second kappa shape index (κ2) is 7.20. The van der Waals surface area contributed by atoms with Crippen LogP contribution in [0.3, 0.4) is 0 Å². The quantitative estimate of drug-likeness (QED) is 0.774. The third-order valence-corrected chi connectivity index (χ3v) is 8.14. The van der Waals surface area contributed by atoms with E-state index in [1.807, 2.05) is 13.8 Å². The minimum Gasteiger partial charge on any atom is -0.396 e. The first-order chi connectivity index (χ1) is 12.7. The lowest BCUT2D eigenvalue weighted by Crippen LogP contribution is -2.57. The van der Waals surface area contributed by atoms with Gasteiger partial charge in [0.15, 0.2) is 0 Å². The molecular weight excluding hydrogens is 360 g/mol. The molecule has 6 heteroatoms. The van der Waals surface area contributed by atoms with E-state index in [9.17, 15) is 15.0 Å². The van der Waals surface area contributed by atoms with Crippen LogP contribution < -0.4 is 0 Å². The summed E-state index contributed by atoms with van der Waals surface area (Å²) in [5, 5.41) is 21.9. The molecule has 0 radical (unpaired) electrons. The van der Waals surface area contributed by atoms with Crippen molar-refractivity contribution in [3.8, 4) is 12.3 Å². The Labute approximate surface area is 165 Å². The Morgan fingerprint density at radius 1 is 1.48 bits per heavy atom. The lowest BCUT2D eigenvalue weighted by atomic mass is 9.47. The van der Waals surface area contributed by atoms with E-state index >= 15 is 0 Å². The number of carbonyl (C=O) groups is 1. The zero-order valence-electron chi connectivity index (χ0n) is 16.7. The second-order valence-electron chi connectivity index (χ2n) is 8.73. The summed E-state index contributed by atoms with van der Waals surface area (Å²) < 4.78 is 0. The molecule has 1 saturated carbocycles.